The SMILES string of the molecule is CCCCc1ccc(-c2cnc(-c3ccc(OC(C)C(=O)OC)cc3)nc2)cc1. The fourth-order valence-electron chi connectivity index (χ4n) is 2.97. The highest BCUT2D eigenvalue weighted by Crippen LogP contribution is 2.23. The molecule has 3 rings (SSSR count). The number of hydrogen-bond donors (Lipinski definition) is 0. The number of carbonyl (C=O) groups excluding carboxylic acids is 1. The average molecular weight is 390 g/mol. The lowest BCUT2D eigenvalue weighted by atomic mass is 10.0. The molecule has 0 aliphatic rings. The van der Waals surface area contributed by atoms with Gasteiger partial charge in [0.25, 0.3) is 0 Å². The van der Waals surface area contributed by atoms with Gasteiger partial charge in [0, 0.05) is 23.5 Å². The Kier molecular flexibility index (Phi) is 6.95. The molecule has 1 atom stereocenters. The summed E-state index contributed by atoms with van der Waals surface area (Å²) in [5.41, 5.74) is 4.33. The molecule has 2 aromatic carbocycles. The summed E-state index contributed by atoms with van der Waals surface area (Å²) in [6.45, 7) is 3.86. The fourth-order valence-corrected chi connectivity index (χ4v) is 2.97. The number of rotatable bonds is 8. The van der Waals surface area contributed by atoms with Crippen molar-refractivity contribution in [2.45, 2.75) is 39.2 Å². The summed E-state index contributed by atoms with van der Waals surface area (Å²) in [5.74, 6) is 0.818. The van der Waals surface area contributed by atoms with Gasteiger partial charge >= 0.3 is 5.97 Å². The number of hydrogen-bond acceptors (Lipinski definition) is 5. The zero-order chi connectivity index (χ0) is 20.6. The zero-order valence-corrected chi connectivity index (χ0v) is 17.1. The maximum atomic E-state index is 11.5. The number of unbranched alkanes of at least 4 members (excludes halogenated alkanes) is 1. The lowest BCUT2D eigenvalue weighted by Crippen LogP contribution is -2.24. The molecule has 0 fully saturated rings. The van der Waals surface area contributed by atoms with Crippen LogP contribution in [0.2, 0.25) is 0 Å². The van der Waals surface area contributed by atoms with Crippen molar-refractivity contribution in [1.82, 2.24) is 9.97 Å². The molecule has 1 heterocycles. The number of nitrogens with zero attached hydrogens (tertiary/aromatic N) is 2. The van der Waals surface area contributed by atoms with Crippen LogP contribution in [0.3, 0.4) is 0 Å². The highest BCUT2D eigenvalue weighted by molar-refractivity contribution is 5.74. The summed E-state index contributed by atoms with van der Waals surface area (Å²) < 4.78 is 10.2. The van der Waals surface area contributed by atoms with Crippen molar-refractivity contribution in [3.8, 4) is 28.3 Å². The van der Waals surface area contributed by atoms with E-state index in [2.05, 4.69) is 45.9 Å². The first kappa shape index (κ1) is 20.5. The van der Waals surface area contributed by atoms with Gasteiger partial charge in [0.1, 0.15) is 5.75 Å². The Morgan fingerprint density at radius 2 is 1.55 bits per heavy atom. The molecule has 0 saturated heterocycles. The van der Waals surface area contributed by atoms with E-state index in [1.165, 1.54) is 25.5 Å². The molecule has 0 spiro atoms. The highest BCUT2D eigenvalue weighted by Gasteiger charge is 2.14. The molecule has 5 nitrogen and oxygen atoms in total. The predicted molar refractivity (Wildman–Crippen MR) is 114 cm³/mol. The van der Waals surface area contributed by atoms with Crippen LogP contribution in [0, 0.1) is 0 Å². The van der Waals surface area contributed by atoms with Gasteiger partial charge in [-0.1, -0.05) is 37.6 Å². The Hall–Kier alpha value is -3.21. The molecule has 1 aromatic heterocycles. The third-order valence-corrected chi connectivity index (χ3v) is 4.72. The number of aryl methyl sites for hydroxylation is 1. The standard InChI is InChI=1S/C24H26N2O3/c1-4-5-6-18-7-9-19(10-8-18)21-15-25-23(26-16-21)20-11-13-22(14-12-20)29-17(2)24(27)28-3/h7-17H,4-6H2,1-3H3. The van der Waals surface area contributed by atoms with Gasteiger partial charge in [-0.05, 0) is 55.2 Å². The first-order chi connectivity index (χ1) is 14.1. The number of benzene rings is 2. The van der Waals surface area contributed by atoms with Gasteiger partial charge in [0.15, 0.2) is 11.9 Å². The Morgan fingerprint density at radius 3 is 2.14 bits per heavy atom. The predicted octanol–water partition coefficient (Wildman–Crippen LogP) is 5.09. The number of carbonyl (C=O) groups is 1. The van der Waals surface area contributed by atoms with E-state index in [0.29, 0.717) is 11.6 Å². The fraction of sp³-hybridized carbons (Fsp3) is 0.292. The molecule has 150 valence electrons. The lowest BCUT2D eigenvalue weighted by molar-refractivity contribution is -0.147. The normalized spacial score (nSPS) is 11.7. The maximum absolute atomic E-state index is 11.5. The molecule has 0 radical (unpaired) electrons. The molecule has 5 heteroatoms. The summed E-state index contributed by atoms with van der Waals surface area (Å²) in [6.07, 6.45) is 6.55. The summed E-state index contributed by atoms with van der Waals surface area (Å²) >= 11 is 0. The molecule has 3 aromatic rings. The molecule has 1 unspecified atom stereocenters. The smallest absolute Gasteiger partial charge is 0.346 e. The van der Waals surface area contributed by atoms with E-state index in [1.807, 2.05) is 24.5 Å². The molecular weight excluding hydrogens is 364 g/mol. The largest absolute Gasteiger partial charge is 0.479 e. The monoisotopic (exact) mass is 390 g/mol. The first-order valence-electron chi connectivity index (χ1n) is 9.87. The minimum atomic E-state index is -0.658. The third-order valence-electron chi connectivity index (χ3n) is 4.72. The van der Waals surface area contributed by atoms with Gasteiger partial charge < -0.3 is 9.47 Å². The second-order valence-electron chi connectivity index (χ2n) is 6.90. The number of ether oxygens (including phenoxy) is 2. The van der Waals surface area contributed by atoms with Crippen LogP contribution in [0.25, 0.3) is 22.5 Å². The van der Waals surface area contributed by atoms with E-state index in [9.17, 15) is 4.79 Å². The van der Waals surface area contributed by atoms with E-state index in [1.54, 1.807) is 19.1 Å². The van der Waals surface area contributed by atoms with Crippen molar-refractivity contribution in [2.24, 2.45) is 0 Å². The number of aromatic nitrogens is 2. The van der Waals surface area contributed by atoms with Crippen LogP contribution < -0.4 is 4.74 Å². The van der Waals surface area contributed by atoms with Gasteiger partial charge in [-0.15, -0.1) is 0 Å². The van der Waals surface area contributed by atoms with Crippen LogP contribution in [0.15, 0.2) is 60.9 Å². The molecular formula is C24H26N2O3. The highest BCUT2D eigenvalue weighted by atomic mass is 16.6. The van der Waals surface area contributed by atoms with Crippen molar-refractivity contribution in [3.63, 3.8) is 0 Å². The van der Waals surface area contributed by atoms with Crippen molar-refractivity contribution < 1.29 is 14.3 Å². The maximum Gasteiger partial charge on any atom is 0.346 e. The van der Waals surface area contributed by atoms with E-state index in [4.69, 9.17) is 4.74 Å². The van der Waals surface area contributed by atoms with E-state index in [0.717, 1.165) is 23.1 Å². The molecule has 0 bridgehead atoms. The topological polar surface area (TPSA) is 61.3 Å². The molecule has 0 saturated carbocycles. The summed E-state index contributed by atoms with van der Waals surface area (Å²) in [4.78, 5) is 20.5. The van der Waals surface area contributed by atoms with Crippen LogP contribution in [-0.4, -0.2) is 29.2 Å². The second-order valence-corrected chi connectivity index (χ2v) is 6.90. The first-order valence-corrected chi connectivity index (χ1v) is 9.87. The second kappa shape index (κ2) is 9.82. The van der Waals surface area contributed by atoms with E-state index in [-0.39, 0.29) is 0 Å². The minimum absolute atomic E-state index is 0.411. The van der Waals surface area contributed by atoms with Crippen LogP contribution in [0.1, 0.15) is 32.3 Å². The molecule has 0 N–H and O–H groups in total. The minimum Gasteiger partial charge on any atom is -0.479 e. The van der Waals surface area contributed by atoms with Crippen LogP contribution in [-0.2, 0) is 16.0 Å². The molecule has 0 aliphatic carbocycles. The van der Waals surface area contributed by atoms with Crippen molar-refractivity contribution in [2.75, 3.05) is 7.11 Å². The van der Waals surface area contributed by atoms with Gasteiger partial charge in [0.2, 0.25) is 0 Å². The average Bonchev–Trinajstić information content (AvgIpc) is 2.78. The summed E-state index contributed by atoms with van der Waals surface area (Å²) in [6, 6.07) is 15.9. The number of esters is 1. The Balaban J connectivity index is 1.67. The van der Waals surface area contributed by atoms with Crippen molar-refractivity contribution in [3.05, 3.63) is 66.5 Å². The van der Waals surface area contributed by atoms with Crippen LogP contribution >= 0.6 is 0 Å². The Bertz CT molecular complexity index is 920. The van der Waals surface area contributed by atoms with Crippen LogP contribution in [0.5, 0.6) is 5.75 Å². The van der Waals surface area contributed by atoms with Gasteiger partial charge in [0.05, 0.1) is 7.11 Å². The van der Waals surface area contributed by atoms with Crippen LogP contribution in [0.4, 0.5) is 0 Å². The summed E-state index contributed by atoms with van der Waals surface area (Å²) in [7, 11) is 1.34. The van der Waals surface area contributed by atoms with Gasteiger partial charge in [-0.25, -0.2) is 14.8 Å². The quantitative estimate of drug-likeness (QED) is 0.501. The van der Waals surface area contributed by atoms with Gasteiger partial charge in [-0.2, -0.15) is 0 Å². The van der Waals surface area contributed by atoms with E-state index >= 15 is 0 Å². The molecule has 0 aliphatic heterocycles. The van der Waals surface area contributed by atoms with Gasteiger partial charge in [-0.3, -0.25) is 0 Å². The molecule has 29 heavy (non-hydrogen) atoms. The van der Waals surface area contributed by atoms with Crippen molar-refractivity contribution >= 4 is 5.97 Å². The van der Waals surface area contributed by atoms with E-state index < -0.39 is 12.1 Å². The molecule has 0 amide bonds. The van der Waals surface area contributed by atoms with Crippen molar-refractivity contribution in [1.29, 1.82) is 0 Å². The third kappa shape index (κ3) is 5.41. The Morgan fingerprint density at radius 1 is 0.931 bits per heavy atom. The zero-order valence-electron chi connectivity index (χ0n) is 17.1. The lowest BCUT2D eigenvalue weighted by Gasteiger charge is -2.12. The number of methoxy groups -OCH3 is 1. The Labute approximate surface area is 171 Å². The summed E-state index contributed by atoms with van der Waals surface area (Å²) in [5, 5.41) is 0.